The van der Waals surface area contributed by atoms with Crippen molar-refractivity contribution in [2.24, 2.45) is 5.73 Å². The van der Waals surface area contributed by atoms with E-state index in [9.17, 15) is 14.4 Å². The zero-order valence-electron chi connectivity index (χ0n) is 18.1. The van der Waals surface area contributed by atoms with E-state index in [4.69, 9.17) is 10.7 Å². The number of hydrogen-bond donors (Lipinski definition) is 1. The third kappa shape index (κ3) is 6.11. The lowest BCUT2D eigenvalue weighted by atomic mass is 10.1. The molecule has 3 rings (SSSR count). The highest BCUT2D eigenvalue weighted by atomic mass is 32.1. The van der Waals surface area contributed by atoms with Gasteiger partial charge in [-0.05, 0) is 18.4 Å². The summed E-state index contributed by atoms with van der Waals surface area (Å²) >= 11 is 1.40. The first-order valence-corrected chi connectivity index (χ1v) is 11.5. The molecule has 0 saturated carbocycles. The maximum atomic E-state index is 12.7. The number of Topliss-reactive ketones (excluding diaryl/α,β-unsaturated/α-hetero) is 1. The topological polar surface area (TPSA) is 93.4 Å². The van der Waals surface area contributed by atoms with E-state index in [0.717, 1.165) is 34.5 Å². The lowest BCUT2D eigenvalue weighted by molar-refractivity contribution is -0.136. The second kappa shape index (κ2) is 11.3. The van der Waals surface area contributed by atoms with Crippen LogP contribution < -0.4 is 10.6 Å². The largest absolute Gasteiger partial charge is 0.370 e. The van der Waals surface area contributed by atoms with Crippen LogP contribution in [0.5, 0.6) is 0 Å². The molecule has 0 aliphatic carbocycles. The first-order valence-electron chi connectivity index (χ1n) is 10.7. The fourth-order valence-electron chi connectivity index (χ4n) is 3.35. The van der Waals surface area contributed by atoms with Gasteiger partial charge in [0, 0.05) is 25.5 Å². The van der Waals surface area contributed by atoms with Crippen molar-refractivity contribution >= 4 is 34.1 Å². The number of aromatic nitrogens is 1. The summed E-state index contributed by atoms with van der Waals surface area (Å²) in [5, 5.41) is 0.488. The van der Waals surface area contributed by atoms with Gasteiger partial charge < -0.3 is 5.73 Å². The molecule has 0 saturated heterocycles. The summed E-state index contributed by atoms with van der Waals surface area (Å²) in [5.74, 6) is -1.30. The van der Waals surface area contributed by atoms with E-state index in [0.29, 0.717) is 24.4 Å². The van der Waals surface area contributed by atoms with E-state index in [2.05, 4.69) is 0 Å². The molecule has 3 aromatic rings. The number of hydrogen-bond acceptors (Lipinski definition) is 5. The smallest absolute Gasteiger partial charge is 0.295 e. The molecule has 2 N–H and O–H groups in total. The normalized spacial score (nSPS) is 10.7. The molecule has 0 aliphatic rings. The summed E-state index contributed by atoms with van der Waals surface area (Å²) in [6.07, 6.45) is 3.45. The molecule has 32 heavy (non-hydrogen) atoms. The molecule has 0 unspecified atom stereocenters. The lowest BCUT2D eigenvalue weighted by Crippen LogP contribution is -2.33. The Morgan fingerprint density at radius 3 is 2.00 bits per heavy atom. The van der Waals surface area contributed by atoms with E-state index in [-0.39, 0.29) is 12.3 Å². The average molecular weight is 450 g/mol. The molecule has 0 bridgehead atoms. The van der Waals surface area contributed by atoms with Crippen molar-refractivity contribution in [2.45, 2.75) is 38.5 Å². The molecule has 2 aromatic carbocycles. The molecule has 1 heterocycles. The SMILES string of the molecule is CN(C(=O)C(=O)CCCCCCC(N)=O)c1nc(-c2ccccc2)c(-c2ccccc2)s1. The highest BCUT2D eigenvalue weighted by molar-refractivity contribution is 7.19. The Balaban J connectivity index is 1.71. The number of unbranched alkanes of at least 4 members (excludes halogenated alkanes) is 3. The van der Waals surface area contributed by atoms with Gasteiger partial charge in [0.1, 0.15) is 0 Å². The van der Waals surface area contributed by atoms with Crippen molar-refractivity contribution in [3.8, 4) is 21.7 Å². The fraction of sp³-hybridized carbons (Fsp3) is 0.280. The van der Waals surface area contributed by atoms with Gasteiger partial charge in [0.25, 0.3) is 5.91 Å². The molecule has 0 spiro atoms. The summed E-state index contributed by atoms with van der Waals surface area (Å²) < 4.78 is 0. The number of primary amides is 1. The Bertz CT molecular complexity index is 1010. The Labute approximate surface area is 192 Å². The number of rotatable bonds is 11. The van der Waals surface area contributed by atoms with Gasteiger partial charge in [0.2, 0.25) is 11.7 Å². The maximum absolute atomic E-state index is 12.7. The van der Waals surface area contributed by atoms with Crippen LogP contribution in [-0.2, 0) is 14.4 Å². The Kier molecular flexibility index (Phi) is 8.27. The molecule has 166 valence electrons. The second-order valence-corrected chi connectivity index (χ2v) is 8.55. The van der Waals surface area contributed by atoms with Crippen molar-refractivity contribution in [1.29, 1.82) is 0 Å². The number of anilines is 1. The van der Waals surface area contributed by atoms with Crippen LogP contribution in [-0.4, -0.2) is 29.6 Å². The number of benzene rings is 2. The van der Waals surface area contributed by atoms with Crippen molar-refractivity contribution in [3.63, 3.8) is 0 Å². The number of carbonyl (C=O) groups is 3. The molecule has 0 atom stereocenters. The number of likely N-dealkylation sites (N-methyl/N-ethyl adjacent to an activating group) is 1. The van der Waals surface area contributed by atoms with Crippen LogP contribution in [0.2, 0.25) is 0 Å². The predicted molar refractivity (Wildman–Crippen MR) is 128 cm³/mol. The number of amides is 2. The van der Waals surface area contributed by atoms with Gasteiger partial charge in [-0.3, -0.25) is 19.3 Å². The van der Waals surface area contributed by atoms with Gasteiger partial charge >= 0.3 is 0 Å². The van der Waals surface area contributed by atoms with Gasteiger partial charge in [-0.15, -0.1) is 0 Å². The molecule has 0 fully saturated rings. The minimum Gasteiger partial charge on any atom is -0.370 e. The fourth-order valence-corrected chi connectivity index (χ4v) is 4.40. The van der Waals surface area contributed by atoms with E-state index in [1.807, 2.05) is 60.7 Å². The first-order chi connectivity index (χ1) is 15.5. The standard InChI is InChI=1S/C25H27N3O3S/c1-28(24(31)20(29)16-10-2-3-11-17-21(26)30)25-27-22(18-12-6-4-7-13-18)23(32-25)19-14-8-5-9-15-19/h4-9,12-15H,2-3,10-11,16-17H2,1H3,(H2,26,30). The molecule has 1 aromatic heterocycles. The Hall–Kier alpha value is -3.32. The third-order valence-corrected chi connectivity index (χ3v) is 6.29. The minimum absolute atomic E-state index is 0.183. The summed E-state index contributed by atoms with van der Waals surface area (Å²) in [5.41, 5.74) is 7.88. The van der Waals surface area contributed by atoms with Crippen LogP contribution in [0.25, 0.3) is 21.7 Å². The quantitative estimate of drug-likeness (QED) is 0.335. The molecule has 0 aliphatic heterocycles. The molecule has 2 amide bonds. The van der Waals surface area contributed by atoms with Crippen LogP contribution >= 0.6 is 11.3 Å². The number of nitrogens with zero attached hydrogens (tertiary/aromatic N) is 2. The number of thiazole rings is 1. The molecule has 7 heteroatoms. The molecule has 6 nitrogen and oxygen atoms in total. The van der Waals surface area contributed by atoms with Crippen LogP contribution in [0.1, 0.15) is 38.5 Å². The maximum Gasteiger partial charge on any atom is 0.295 e. The minimum atomic E-state index is -0.560. The first kappa shape index (κ1) is 23.3. The van der Waals surface area contributed by atoms with Gasteiger partial charge in [-0.2, -0.15) is 0 Å². The van der Waals surface area contributed by atoms with Crippen LogP contribution in [0.3, 0.4) is 0 Å². The number of carbonyl (C=O) groups excluding carboxylic acids is 3. The summed E-state index contributed by atoms with van der Waals surface area (Å²) in [6, 6.07) is 19.7. The highest BCUT2D eigenvalue weighted by Crippen LogP contribution is 2.40. The summed E-state index contributed by atoms with van der Waals surface area (Å²) in [4.78, 5) is 43.0. The van der Waals surface area contributed by atoms with Crippen LogP contribution in [0.15, 0.2) is 60.7 Å². The molecular weight excluding hydrogens is 422 g/mol. The Morgan fingerprint density at radius 2 is 1.41 bits per heavy atom. The second-order valence-electron chi connectivity index (χ2n) is 7.57. The number of nitrogens with two attached hydrogens (primary N) is 1. The van der Waals surface area contributed by atoms with Crippen molar-refractivity contribution < 1.29 is 14.4 Å². The lowest BCUT2D eigenvalue weighted by Gasteiger charge is -2.12. The van der Waals surface area contributed by atoms with E-state index in [1.165, 1.54) is 16.2 Å². The molecule has 0 radical (unpaired) electrons. The number of ketones is 1. The van der Waals surface area contributed by atoms with E-state index < -0.39 is 11.7 Å². The van der Waals surface area contributed by atoms with Crippen molar-refractivity contribution in [3.05, 3.63) is 60.7 Å². The van der Waals surface area contributed by atoms with Gasteiger partial charge in [0.05, 0.1) is 10.6 Å². The van der Waals surface area contributed by atoms with Gasteiger partial charge in [-0.1, -0.05) is 84.8 Å². The summed E-state index contributed by atoms with van der Waals surface area (Å²) in [6.45, 7) is 0. The summed E-state index contributed by atoms with van der Waals surface area (Å²) in [7, 11) is 1.59. The monoisotopic (exact) mass is 449 g/mol. The predicted octanol–water partition coefficient (Wildman–Crippen LogP) is 4.83. The zero-order valence-corrected chi connectivity index (χ0v) is 18.9. The van der Waals surface area contributed by atoms with Crippen LogP contribution in [0, 0.1) is 0 Å². The van der Waals surface area contributed by atoms with Gasteiger partial charge in [0.15, 0.2) is 5.13 Å². The van der Waals surface area contributed by atoms with Crippen molar-refractivity contribution in [1.82, 2.24) is 4.98 Å². The van der Waals surface area contributed by atoms with Crippen LogP contribution in [0.4, 0.5) is 5.13 Å². The van der Waals surface area contributed by atoms with Gasteiger partial charge in [-0.25, -0.2) is 4.98 Å². The highest BCUT2D eigenvalue weighted by Gasteiger charge is 2.24. The van der Waals surface area contributed by atoms with E-state index in [1.54, 1.807) is 7.05 Å². The van der Waals surface area contributed by atoms with Crippen molar-refractivity contribution in [2.75, 3.05) is 11.9 Å². The Morgan fingerprint density at radius 1 is 0.844 bits per heavy atom. The average Bonchev–Trinajstić information content (AvgIpc) is 3.26. The zero-order chi connectivity index (χ0) is 22.9. The third-order valence-electron chi connectivity index (χ3n) is 5.11. The van der Waals surface area contributed by atoms with E-state index >= 15 is 0 Å². The molecular formula is C25H27N3O3S.